The molecule has 0 heterocycles. The van der Waals surface area contributed by atoms with Crippen molar-refractivity contribution >= 4 is 21.6 Å². The molecule has 7 heteroatoms. The quantitative estimate of drug-likeness (QED) is 0.796. The van der Waals surface area contributed by atoms with Gasteiger partial charge in [0.2, 0.25) is 15.9 Å². The van der Waals surface area contributed by atoms with E-state index in [9.17, 15) is 13.2 Å². The van der Waals surface area contributed by atoms with Crippen molar-refractivity contribution < 1.29 is 17.9 Å². The first-order valence-corrected chi connectivity index (χ1v) is 9.33. The summed E-state index contributed by atoms with van der Waals surface area (Å²) >= 11 is 0. The number of sulfonamides is 1. The molecule has 0 aromatic heterocycles. The van der Waals surface area contributed by atoms with Crippen molar-refractivity contribution in [3.63, 3.8) is 0 Å². The van der Waals surface area contributed by atoms with E-state index in [0.29, 0.717) is 12.3 Å². The molecule has 1 atom stereocenters. The van der Waals surface area contributed by atoms with Gasteiger partial charge in [-0.05, 0) is 44.0 Å². The molecule has 1 aromatic carbocycles. The molecule has 0 bridgehead atoms. The number of nitrogens with one attached hydrogen (secondary N) is 2. The summed E-state index contributed by atoms with van der Waals surface area (Å²) in [5, 5.41) is 2.85. The number of hydrogen-bond donors (Lipinski definition) is 2. The lowest BCUT2D eigenvalue weighted by Crippen LogP contribution is -2.35. The zero-order valence-electron chi connectivity index (χ0n) is 13.5. The highest BCUT2D eigenvalue weighted by Crippen LogP contribution is 2.26. The minimum absolute atomic E-state index is 0.0185. The molecule has 1 fully saturated rings. The maximum atomic E-state index is 12.2. The number of benzene rings is 1. The van der Waals surface area contributed by atoms with Crippen LogP contribution in [0.3, 0.4) is 0 Å². The van der Waals surface area contributed by atoms with Gasteiger partial charge in [-0.15, -0.1) is 0 Å². The monoisotopic (exact) mass is 340 g/mol. The Balaban J connectivity index is 1.99. The van der Waals surface area contributed by atoms with Crippen LogP contribution in [0.15, 0.2) is 29.2 Å². The number of amides is 1. The summed E-state index contributed by atoms with van der Waals surface area (Å²) in [5.41, 5.74) is 0.616. The second kappa shape index (κ2) is 7.90. The Morgan fingerprint density at radius 3 is 2.43 bits per heavy atom. The van der Waals surface area contributed by atoms with Crippen molar-refractivity contribution in [2.24, 2.45) is 5.92 Å². The first-order chi connectivity index (χ1) is 10.9. The Hall–Kier alpha value is -1.44. The number of anilines is 1. The molecule has 2 N–H and O–H groups in total. The van der Waals surface area contributed by atoms with E-state index in [0.717, 1.165) is 25.7 Å². The van der Waals surface area contributed by atoms with Crippen LogP contribution in [0.1, 0.15) is 32.6 Å². The van der Waals surface area contributed by atoms with E-state index in [1.807, 2.05) is 0 Å². The van der Waals surface area contributed by atoms with E-state index < -0.39 is 10.0 Å². The Labute approximate surface area is 137 Å². The number of methoxy groups -OCH3 is 1. The molecule has 23 heavy (non-hydrogen) atoms. The molecular formula is C16H24N2O4S. The Morgan fingerprint density at radius 2 is 1.87 bits per heavy atom. The second-order valence-corrected chi connectivity index (χ2v) is 7.69. The molecule has 0 radical (unpaired) electrons. The standard InChI is InChI=1S/C16H24N2O4S/c1-12(11-22-2)18-23(20,21)15-9-7-14(8-10-15)17-16(19)13-5-3-4-6-13/h7-10,12-13,18H,3-6,11H2,1-2H3,(H,17,19). The molecule has 1 aliphatic carbocycles. The molecule has 1 aliphatic rings. The van der Waals surface area contributed by atoms with Crippen LogP contribution in [-0.4, -0.2) is 34.1 Å². The van der Waals surface area contributed by atoms with Crippen molar-refractivity contribution in [2.45, 2.75) is 43.5 Å². The largest absolute Gasteiger partial charge is 0.383 e. The second-order valence-electron chi connectivity index (χ2n) is 5.97. The van der Waals surface area contributed by atoms with Crippen LogP contribution in [0, 0.1) is 5.92 Å². The van der Waals surface area contributed by atoms with Crippen LogP contribution in [0.4, 0.5) is 5.69 Å². The van der Waals surface area contributed by atoms with E-state index in [2.05, 4.69) is 10.0 Å². The molecule has 1 saturated carbocycles. The molecule has 1 unspecified atom stereocenters. The summed E-state index contributed by atoms with van der Waals surface area (Å²) in [6.07, 6.45) is 4.06. The van der Waals surface area contributed by atoms with Gasteiger partial charge >= 0.3 is 0 Å². The summed E-state index contributed by atoms with van der Waals surface area (Å²) < 4.78 is 31.9. The van der Waals surface area contributed by atoms with E-state index in [-0.39, 0.29) is 22.8 Å². The molecular weight excluding hydrogens is 316 g/mol. The van der Waals surface area contributed by atoms with Crippen molar-refractivity contribution in [2.75, 3.05) is 19.0 Å². The highest BCUT2D eigenvalue weighted by atomic mass is 32.2. The van der Waals surface area contributed by atoms with Gasteiger partial charge in [0, 0.05) is 24.8 Å². The average Bonchev–Trinajstić information content (AvgIpc) is 3.01. The number of carbonyl (C=O) groups excluding carboxylic acids is 1. The maximum Gasteiger partial charge on any atom is 0.240 e. The first-order valence-electron chi connectivity index (χ1n) is 7.84. The Morgan fingerprint density at radius 1 is 1.26 bits per heavy atom. The fraction of sp³-hybridized carbons (Fsp3) is 0.562. The first kappa shape index (κ1) is 17.9. The highest BCUT2D eigenvalue weighted by molar-refractivity contribution is 7.89. The SMILES string of the molecule is COCC(C)NS(=O)(=O)c1ccc(NC(=O)C2CCCC2)cc1. The van der Waals surface area contributed by atoms with Crippen LogP contribution in [0.2, 0.25) is 0 Å². The lowest BCUT2D eigenvalue weighted by molar-refractivity contribution is -0.119. The third-order valence-corrected chi connectivity index (χ3v) is 5.54. The van der Waals surface area contributed by atoms with Gasteiger partial charge in [-0.25, -0.2) is 13.1 Å². The molecule has 1 amide bonds. The van der Waals surface area contributed by atoms with Gasteiger partial charge in [0.05, 0.1) is 11.5 Å². The Bertz CT molecular complexity index is 622. The van der Waals surface area contributed by atoms with Crippen LogP contribution in [0.5, 0.6) is 0 Å². The van der Waals surface area contributed by atoms with Gasteiger partial charge in [0.15, 0.2) is 0 Å². The fourth-order valence-electron chi connectivity index (χ4n) is 2.77. The lowest BCUT2D eigenvalue weighted by atomic mass is 10.1. The molecule has 6 nitrogen and oxygen atoms in total. The van der Waals surface area contributed by atoms with Crippen LogP contribution in [0.25, 0.3) is 0 Å². The van der Waals surface area contributed by atoms with E-state index >= 15 is 0 Å². The Kier molecular flexibility index (Phi) is 6.15. The van der Waals surface area contributed by atoms with Crippen LogP contribution >= 0.6 is 0 Å². The van der Waals surface area contributed by atoms with Gasteiger partial charge in [0.25, 0.3) is 0 Å². The zero-order chi connectivity index (χ0) is 16.9. The van der Waals surface area contributed by atoms with Gasteiger partial charge in [-0.3, -0.25) is 4.79 Å². The fourth-order valence-corrected chi connectivity index (χ4v) is 3.99. The molecule has 0 saturated heterocycles. The molecule has 0 spiro atoms. The smallest absolute Gasteiger partial charge is 0.240 e. The van der Waals surface area contributed by atoms with Gasteiger partial charge in [-0.1, -0.05) is 12.8 Å². The van der Waals surface area contributed by atoms with Crippen molar-refractivity contribution in [1.82, 2.24) is 4.72 Å². The van der Waals surface area contributed by atoms with Crippen molar-refractivity contribution in [3.8, 4) is 0 Å². The summed E-state index contributed by atoms with van der Waals surface area (Å²) in [6, 6.07) is 5.90. The van der Waals surface area contributed by atoms with Gasteiger partial charge in [0.1, 0.15) is 0 Å². The summed E-state index contributed by atoms with van der Waals surface area (Å²) in [7, 11) is -2.06. The minimum Gasteiger partial charge on any atom is -0.383 e. The van der Waals surface area contributed by atoms with E-state index in [4.69, 9.17) is 4.74 Å². The highest BCUT2D eigenvalue weighted by Gasteiger charge is 2.23. The van der Waals surface area contributed by atoms with Gasteiger partial charge < -0.3 is 10.1 Å². The number of hydrogen-bond acceptors (Lipinski definition) is 4. The summed E-state index contributed by atoms with van der Waals surface area (Å²) in [4.78, 5) is 12.2. The van der Waals surface area contributed by atoms with Crippen molar-refractivity contribution in [1.29, 1.82) is 0 Å². The predicted octanol–water partition coefficient (Wildman–Crippen LogP) is 2.13. The number of carbonyl (C=O) groups is 1. The summed E-state index contributed by atoms with van der Waals surface area (Å²) in [5.74, 6) is 0.0971. The van der Waals surface area contributed by atoms with Gasteiger partial charge in [-0.2, -0.15) is 0 Å². The van der Waals surface area contributed by atoms with E-state index in [1.54, 1.807) is 19.1 Å². The maximum absolute atomic E-state index is 12.2. The average molecular weight is 340 g/mol. The normalized spacial score (nSPS) is 17.1. The third-order valence-electron chi connectivity index (χ3n) is 3.93. The topological polar surface area (TPSA) is 84.5 Å². The van der Waals surface area contributed by atoms with Crippen molar-refractivity contribution in [3.05, 3.63) is 24.3 Å². The molecule has 0 aliphatic heterocycles. The molecule has 2 rings (SSSR count). The van der Waals surface area contributed by atoms with Crippen LogP contribution < -0.4 is 10.0 Å². The molecule has 128 valence electrons. The third kappa shape index (κ3) is 5.02. The van der Waals surface area contributed by atoms with Crippen LogP contribution in [-0.2, 0) is 19.6 Å². The number of rotatable bonds is 7. The van der Waals surface area contributed by atoms with E-state index in [1.165, 1.54) is 19.2 Å². The number of ether oxygens (including phenoxy) is 1. The minimum atomic E-state index is -3.59. The summed E-state index contributed by atoms with van der Waals surface area (Å²) in [6.45, 7) is 2.03. The predicted molar refractivity (Wildman–Crippen MR) is 88.7 cm³/mol. The zero-order valence-corrected chi connectivity index (χ0v) is 14.4. The lowest BCUT2D eigenvalue weighted by Gasteiger charge is -2.14. The molecule has 1 aromatic rings.